The Hall–Kier alpha value is -2.23. The minimum absolute atomic E-state index is 0.00644. The largest absolute Gasteiger partial charge is 0.478 e. The quantitative estimate of drug-likeness (QED) is 0.589. The first-order valence-corrected chi connectivity index (χ1v) is 11.7. The Balaban J connectivity index is 1.43. The van der Waals surface area contributed by atoms with Gasteiger partial charge in [0, 0.05) is 17.1 Å². The zero-order valence-corrected chi connectivity index (χ0v) is 18.4. The molecule has 0 spiro atoms. The van der Waals surface area contributed by atoms with Crippen molar-refractivity contribution in [3.05, 3.63) is 58.9 Å². The summed E-state index contributed by atoms with van der Waals surface area (Å²) in [4.78, 5) is 24.9. The van der Waals surface area contributed by atoms with Crippen LogP contribution >= 0.6 is 0 Å². The number of halogens is 1. The number of benzene rings is 1. The molecule has 0 aromatic heterocycles. The molecule has 2 fully saturated rings. The third kappa shape index (κ3) is 3.05. The molecule has 2 saturated carbocycles. The smallest absolute Gasteiger partial charge is 0.331 e. The lowest BCUT2D eigenvalue weighted by molar-refractivity contribution is -0.133. The Morgan fingerprint density at radius 2 is 1.77 bits per heavy atom. The van der Waals surface area contributed by atoms with Crippen molar-refractivity contribution in [3.63, 3.8) is 0 Å². The van der Waals surface area contributed by atoms with Gasteiger partial charge in [-0.3, -0.25) is 4.79 Å². The highest BCUT2D eigenvalue weighted by atomic mass is 19.1. The van der Waals surface area contributed by atoms with Crippen molar-refractivity contribution >= 4 is 11.8 Å². The Labute approximate surface area is 183 Å². The second kappa shape index (κ2) is 7.15. The van der Waals surface area contributed by atoms with Gasteiger partial charge in [-0.15, -0.1) is 0 Å². The van der Waals surface area contributed by atoms with E-state index in [1.807, 2.05) is 6.08 Å². The van der Waals surface area contributed by atoms with Crippen LogP contribution in [0.3, 0.4) is 0 Å². The lowest BCUT2D eigenvalue weighted by Gasteiger charge is -2.57. The molecule has 31 heavy (non-hydrogen) atoms. The van der Waals surface area contributed by atoms with E-state index in [9.17, 15) is 19.1 Å². The van der Waals surface area contributed by atoms with Gasteiger partial charge >= 0.3 is 5.97 Å². The van der Waals surface area contributed by atoms with E-state index in [2.05, 4.69) is 19.9 Å². The molecule has 1 N–H and O–H groups in total. The molecular formula is C27H31FO3. The molecule has 4 heteroatoms. The van der Waals surface area contributed by atoms with E-state index in [0.717, 1.165) is 38.5 Å². The van der Waals surface area contributed by atoms with E-state index in [1.54, 1.807) is 12.1 Å². The maximum atomic E-state index is 13.4. The second-order valence-electron chi connectivity index (χ2n) is 10.7. The number of aliphatic carboxylic acids is 1. The highest BCUT2D eigenvalue weighted by Crippen LogP contribution is 2.66. The number of fused-ring (bicyclic) bond motifs is 5. The third-order valence-electron chi connectivity index (χ3n) is 9.49. The topological polar surface area (TPSA) is 54.4 Å². The fourth-order valence-corrected chi connectivity index (χ4v) is 7.74. The molecule has 3 nitrogen and oxygen atoms in total. The van der Waals surface area contributed by atoms with Gasteiger partial charge in [-0.1, -0.05) is 19.9 Å². The Morgan fingerprint density at radius 1 is 1.03 bits per heavy atom. The Morgan fingerprint density at radius 3 is 2.48 bits per heavy atom. The summed E-state index contributed by atoms with van der Waals surface area (Å²) >= 11 is 0. The van der Waals surface area contributed by atoms with Gasteiger partial charge in [-0.05, 0) is 109 Å². The zero-order valence-electron chi connectivity index (χ0n) is 18.4. The number of hydrogen-bond acceptors (Lipinski definition) is 2. The molecule has 0 saturated heterocycles. The zero-order chi connectivity index (χ0) is 22.0. The summed E-state index contributed by atoms with van der Waals surface area (Å²) < 4.78 is 13.3. The molecule has 164 valence electrons. The molecule has 1 aromatic carbocycles. The van der Waals surface area contributed by atoms with Crippen molar-refractivity contribution in [1.29, 1.82) is 0 Å². The Kier molecular flexibility index (Phi) is 4.76. The van der Waals surface area contributed by atoms with E-state index >= 15 is 0 Å². The SMILES string of the molecule is C[C@]12CC[C@H]3[C@@H](CC=C4C=C(C(=O)O)CC[C@@]43C)[C@@H]1CC[C@@H]2C(=O)c1ccc(F)cc1. The van der Waals surface area contributed by atoms with Gasteiger partial charge in [0.15, 0.2) is 5.78 Å². The normalized spacial score (nSPS) is 38.9. The summed E-state index contributed by atoms with van der Waals surface area (Å²) in [6.07, 6.45) is 10.9. The minimum atomic E-state index is -0.792. The van der Waals surface area contributed by atoms with Crippen molar-refractivity contribution in [1.82, 2.24) is 0 Å². The lowest BCUT2D eigenvalue weighted by Crippen LogP contribution is -2.50. The van der Waals surface area contributed by atoms with Crippen LogP contribution < -0.4 is 0 Å². The number of carbonyl (C=O) groups excluding carboxylic acids is 1. The van der Waals surface area contributed by atoms with Crippen molar-refractivity contribution in [2.24, 2.45) is 34.5 Å². The summed E-state index contributed by atoms with van der Waals surface area (Å²) in [5.74, 6) is 0.702. The van der Waals surface area contributed by atoms with Gasteiger partial charge in [0.25, 0.3) is 0 Å². The van der Waals surface area contributed by atoms with E-state index in [0.29, 0.717) is 35.3 Å². The van der Waals surface area contributed by atoms with Crippen LogP contribution in [0.1, 0.15) is 69.2 Å². The average Bonchev–Trinajstić information content (AvgIpc) is 3.10. The number of carbonyl (C=O) groups is 2. The van der Waals surface area contributed by atoms with Crippen LogP contribution in [0.2, 0.25) is 0 Å². The van der Waals surface area contributed by atoms with Crippen molar-refractivity contribution < 1.29 is 19.1 Å². The molecule has 0 unspecified atom stereocenters. The third-order valence-corrected chi connectivity index (χ3v) is 9.49. The van der Waals surface area contributed by atoms with Gasteiger partial charge in [0.1, 0.15) is 5.82 Å². The maximum Gasteiger partial charge on any atom is 0.331 e. The maximum absolute atomic E-state index is 13.4. The summed E-state index contributed by atoms with van der Waals surface area (Å²) in [6, 6.07) is 6.03. The molecule has 0 bridgehead atoms. The molecule has 0 amide bonds. The first-order valence-electron chi connectivity index (χ1n) is 11.7. The van der Waals surface area contributed by atoms with Gasteiger partial charge < -0.3 is 5.11 Å². The van der Waals surface area contributed by atoms with Crippen LogP contribution in [-0.4, -0.2) is 16.9 Å². The Bertz CT molecular complexity index is 990. The molecule has 4 aliphatic rings. The van der Waals surface area contributed by atoms with Crippen LogP contribution in [-0.2, 0) is 4.79 Å². The van der Waals surface area contributed by atoms with E-state index < -0.39 is 5.97 Å². The first-order chi connectivity index (χ1) is 14.7. The fraction of sp³-hybridized carbons (Fsp3) is 0.556. The number of carboxylic acid groups (broad SMARTS) is 1. The lowest BCUT2D eigenvalue weighted by atomic mass is 9.47. The number of rotatable bonds is 3. The number of allylic oxidation sites excluding steroid dienone is 3. The molecule has 0 aliphatic heterocycles. The predicted octanol–water partition coefficient (Wildman–Crippen LogP) is 6.21. The van der Waals surface area contributed by atoms with Crippen molar-refractivity contribution in [2.75, 3.05) is 0 Å². The van der Waals surface area contributed by atoms with E-state index in [-0.39, 0.29) is 28.3 Å². The van der Waals surface area contributed by atoms with E-state index in [4.69, 9.17) is 0 Å². The fourth-order valence-electron chi connectivity index (χ4n) is 7.74. The average molecular weight is 423 g/mol. The molecule has 1 aromatic rings. The summed E-state index contributed by atoms with van der Waals surface area (Å²) in [6.45, 7) is 4.65. The van der Waals surface area contributed by atoms with Gasteiger partial charge in [-0.2, -0.15) is 0 Å². The molecule has 4 aliphatic carbocycles. The molecule has 6 atom stereocenters. The van der Waals surface area contributed by atoms with Crippen LogP contribution in [0.4, 0.5) is 4.39 Å². The number of ketones is 1. The van der Waals surface area contributed by atoms with Crippen molar-refractivity contribution in [3.8, 4) is 0 Å². The summed E-state index contributed by atoms with van der Waals surface area (Å²) in [5.41, 5.74) is 2.42. The summed E-state index contributed by atoms with van der Waals surface area (Å²) in [5, 5.41) is 9.44. The van der Waals surface area contributed by atoms with Crippen molar-refractivity contribution in [2.45, 2.75) is 58.8 Å². The minimum Gasteiger partial charge on any atom is -0.478 e. The van der Waals surface area contributed by atoms with Gasteiger partial charge in [0.2, 0.25) is 0 Å². The van der Waals surface area contributed by atoms with E-state index in [1.165, 1.54) is 17.7 Å². The number of Topliss-reactive ketones (excluding diaryl/α,β-unsaturated/α-hetero) is 1. The standard InChI is InChI=1S/C27H31FO3/c1-26-13-11-17(25(30)31)15-18(26)5-8-20-21-9-10-23(27(21,2)14-12-22(20)26)24(29)16-3-6-19(28)7-4-16/h3-7,15,20-23H,8-14H2,1-2H3,(H,30,31)/t20-,21-,22-,23+,26-,27-/m0/s1. The second-order valence-corrected chi connectivity index (χ2v) is 10.7. The van der Waals surface area contributed by atoms with Gasteiger partial charge in [0.05, 0.1) is 0 Å². The predicted molar refractivity (Wildman–Crippen MR) is 117 cm³/mol. The molecule has 0 heterocycles. The molecule has 5 rings (SSSR count). The first kappa shape index (κ1) is 20.7. The highest BCUT2D eigenvalue weighted by molar-refractivity contribution is 5.98. The van der Waals surface area contributed by atoms with Crippen LogP contribution in [0, 0.1) is 40.3 Å². The molecule has 0 radical (unpaired) electrons. The van der Waals surface area contributed by atoms with Crippen LogP contribution in [0.15, 0.2) is 47.6 Å². The highest BCUT2D eigenvalue weighted by Gasteiger charge is 2.59. The number of hydrogen-bond donors (Lipinski definition) is 1. The van der Waals surface area contributed by atoms with Crippen LogP contribution in [0.25, 0.3) is 0 Å². The summed E-state index contributed by atoms with van der Waals surface area (Å²) in [7, 11) is 0. The monoisotopic (exact) mass is 422 g/mol. The molecular weight excluding hydrogens is 391 g/mol. The van der Waals surface area contributed by atoms with Crippen LogP contribution in [0.5, 0.6) is 0 Å². The van der Waals surface area contributed by atoms with Gasteiger partial charge in [-0.25, -0.2) is 9.18 Å². The number of carboxylic acids is 1.